The predicted octanol–water partition coefficient (Wildman–Crippen LogP) is 2.03. The van der Waals surface area contributed by atoms with Crippen LogP contribution in [0.3, 0.4) is 0 Å². The van der Waals surface area contributed by atoms with Crippen molar-refractivity contribution < 1.29 is 9.90 Å². The van der Waals surface area contributed by atoms with Gasteiger partial charge in [0.05, 0.1) is 0 Å². The number of unbranched alkanes of at least 4 members (excludes halogenated alkanes) is 2. The highest BCUT2D eigenvalue weighted by Crippen LogP contribution is 1.97. The number of hydrogen-bond acceptors (Lipinski definition) is 1. The molecule has 0 aliphatic carbocycles. The second-order valence-electron chi connectivity index (χ2n) is 1.85. The predicted molar refractivity (Wildman–Crippen MR) is 37.8 cm³/mol. The lowest BCUT2D eigenvalue weighted by Gasteiger charge is -1.89. The van der Waals surface area contributed by atoms with Crippen LogP contribution < -0.4 is 6.15 Å². The molecule has 0 aromatic carbocycles. The van der Waals surface area contributed by atoms with E-state index in [-0.39, 0.29) is 6.15 Å². The molecule has 0 unspecified atom stereocenters. The number of carboxylic acids is 1. The zero-order valence-corrected chi connectivity index (χ0v) is 6.18. The lowest BCUT2D eigenvalue weighted by molar-refractivity contribution is -0.137. The van der Waals surface area contributed by atoms with Gasteiger partial charge in [0, 0.05) is 6.42 Å². The maximum Gasteiger partial charge on any atom is 0.303 e. The van der Waals surface area contributed by atoms with Crippen LogP contribution in [0.2, 0.25) is 0 Å². The number of hydrogen-bond donors (Lipinski definition) is 2. The number of aliphatic carboxylic acids is 1. The average Bonchev–Trinajstić information content (AvgIpc) is 1.66. The maximum atomic E-state index is 9.87. The minimum absolute atomic E-state index is 0. The molecule has 0 aliphatic rings. The minimum Gasteiger partial charge on any atom is -0.481 e. The molecule has 5 N–H and O–H groups in total. The first-order valence-corrected chi connectivity index (χ1v) is 2.99. The standard InChI is InChI=1S/C6H12O2.H3N/c1-2-3-4-5-6(7)8;/h2-5H2,1H3,(H,7,8);1H3/p+1. The van der Waals surface area contributed by atoms with Crippen LogP contribution in [-0.2, 0) is 4.79 Å². The number of rotatable bonds is 4. The van der Waals surface area contributed by atoms with Gasteiger partial charge in [0.2, 0.25) is 0 Å². The van der Waals surface area contributed by atoms with Gasteiger partial charge in [-0.25, -0.2) is 0 Å². The Kier molecular flexibility index (Phi) is 9.29. The van der Waals surface area contributed by atoms with Crippen molar-refractivity contribution in [2.24, 2.45) is 0 Å². The van der Waals surface area contributed by atoms with Gasteiger partial charge in [0.15, 0.2) is 0 Å². The average molecular weight is 134 g/mol. The van der Waals surface area contributed by atoms with E-state index in [1.807, 2.05) is 0 Å². The van der Waals surface area contributed by atoms with Crippen LogP contribution in [0.5, 0.6) is 0 Å². The van der Waals surface area contributed by atoms with Gasteiger partial charge in [-0.05, 0) is 6.42 Å². The third-order valence-electron chi connectivity index (χ3n) is 0.994. The van der Waals surface area contributed by atoms with Crippen molar-refractivity contribution in [3.63, 3.8) is 0 Å². The normalized spacial score (nSPS) is 8.11. The largest absolute Gasteiger partial charge is 0.481 e. The molecule has 56 valence electrons. The van der Waals surface area contributed by atoms with Crippen molar-refractivity contribution in [1.29, 1.82) is 0 Å². The number of quaternary nitrogens is 1. The molecule has 0 saturated heterocycles. The molecular formula is C6H16NO2+. The summed E-state index contributed by atoms with van der Waals surface area (Å²) in [5.41, 5.74) is 0. The molecule has 0 saturated carbocycles. The molecule has 0 heterocycles. The van der Waals surface area contributed by atoms with Gasteiger partial charge in [0.25, 0.3) is 0 Å². The fourth-order valence-electron chi connectivity index (χ4n) is 0.526. The SMILES string of the molecule is CCCCCC(=O)O.[NH4+]. The Labute approximate surface area is 55.7 Å². The minimum atomic E-state index is -0.682. The van der Waals surface area contributed by atoms with Gasteiger partial charge in [-0.2, -0.15) is 0 Å². The van der Waals surface area contributed by atoms with Crippen molar-refractivity contribution in [1.82, 2.24) is 6.15 Å². The first-order chi connectivity index (χ1) is 3.77. The molecule has 0 aliphatic heterocycles. The van der Waals surface area contributed by atoms with Gasteiger partial charge in [0.1, 0.15) is 0 Å². The summed E-state index contributed by atoms with van der Waals surface area (Å²) in [5, 5.41) is 8.14. The molecule has 9 heavy (non-hydrogen) atoms. The van der Waals surface area contributed by atoms with E-state index in [9.17, 15) is 4.79 Å². The van der Waals surface area contributed by atoms with Crippen LogP contribution in [0.25, 0.3) is 0 Å². The van der Waals surface area contributed by atoms with E-state index in [0.29, 0.717) is 6.42 Å². The van der Waals surface area contributed by atoms with Crippen LogP contribution in [0.4, 0.5) is 0 Å². The molecule has 0 rings (SSSR count). The third kappa shape index (κ3) is 11.2. The van der Waals surface area contributed by atoms with Crippen molar-refractivity contribution in [2.75, 3.05) is 0 Å². The van der Waals surface area contributed by atoms with E-state index < -0.39 is 5.97 Å². The van der Waals surface area contributed by atoms with E-state index in [1.54, 1.807) is 0 Å². The van der Waals surface area contributed by atoms with Crippen LogP contribution >= 0.6 is 0 Å². The second kappa shape index (κ2) is 7.43. The summed E-state index contributed by atoms with van der Waals surface area (Å²) < 4.78 is 0. The van der Waals surface area contributed by atoms with Crippen molar-refractivity contribution in [2.45, 2.75) is 32.6 Å². The summed E-state index contributed by atoms with van der Waals surface area (Å²) in [6.45, 7) is 2.06. The third-order valence-corrected chi connectivity index (χ3v) is 0.994. The van der Waals surface area contributed by atoms with E-state index in [2.05, 4.69) is 6.92 Å². The van der Waals surface area contributed by atoms with Crippen LogP contribution in [0, 0.1) is 0 Å². The van der Waals surface area contributed by atoms with Gasteiger partial charge >= 0.3 is 5.97 Å². The quantitative estimate of drug-likeness (QED) is 0.577. The molecule has 3 nitrogen and oxygen atoms in total. The topological polar surface area (TPSA) is 73.8 Å². The summed E-state index contributed by atoms with van der Waals surface area (Å²) >= 11 is 0. The fraction of sp³-hybridized carbons (Fsp3) is 0.833. The smallest absolute Gasteiger partial charge is 0.303 e. The zero-order chi connectivity index (χ0) is 6.41. The van der Waals surface area contributed by atoms with Gasteiger partial charge < -0.3 is 11.3 Å². The van der Waals surface area contributed by atoms with Crippen molar-refractivity contribution in [3.05, 3.63) is 0 Å². The summed E-state index contributed by atoms with van der Waals surface area (Å²) in [6.07, 6.45) is 3.28. The molecule has 0 bridgehead atoms. The van der Waals surface area contributed by atoms with Gasteiger partial charge in [-0.1, -0.05) is 19.8 Å². The maximum absolute atomic E-state index is 9.87. The molecule has 0 amide bonds. The lowest BCUT2D eigenvalue weighted by Crippen LogP contribution is -1.92. The zero-order valence-electron chi connectivity index (χ0n) is 6.18. The fourth-order valence-corrected chi connectivity index (χ4v) is 0.526. The van der Waals surface area contributed by atoms with E-state index >= 15 is 0 Å². The molecule has 0 aromatic rings. The van der Waals surface area contributed by atoms with Gasteiger partial charge in [-0.15, -0.1) is 0 Å². The molecular weight excluding hydrogens is 118 g/mol. The highest BCUT2D eigenvalue weighted by Gasteiger charge is 1.92. The summed E-state index contributed by atoms with van der Waals surface area (Å²) in [5.74, 6) is -0.682. The monoisotopic (exact) mass is 134 g/mol. The first-order valence-electron chi connectivity index (χ1n) is 2.99. The van der Waals surface area contributed by atoms with Crippen molar-refractivity contribution in [3.8, 4) is 0 Å². The van der Waals surface area contributed by atoms with Crippen molar-refractivity contribution >= 4 is 5.97 Å². The van der Waals surface area contributed by atoms with E-state index in [1.165, 1.54) is 0 Å². The Bertz CT molecular complexity index is 73.5. The lowest BCUT2D eigenvalue weighted by atomic mass is 10.2. The summed E-state index contributed by atoms with van der Waals surface area (Å²) in [6, 6.07) is 0. The van der Waals surface area contributed by atoms with E-state index in [4.69, 9.17) is 5.11 Å². The molecule has 3 heteroatoms. The number of carboxylic acid groups (broad SMARTS) is 1. The number of carbonyl (C=O) groups is 1. The Hall–Kier alpha value is -0.570. The Morgan fingerprint density at radius 3 is 2.33 bits per heavy atom. The molecule has 0 spiro atoms. The summed E-state index contributed by atoms with van der Waals surface area (Å²) in [7, 11) is 0. The Morgan fingerprint density at radius 2 is 2.00 bits per heavy atom. The highest BCUT2D eigenvalue weighted by molar-refractivity contribution is 5.66. The first kappa shape index (κ1) is 11.3. The van der Waals surface area contributed by atoms with E-state index in [0.717, 1.165) is 19.3 Å². The molecule has 0 radical (unpaired) electrons. The highest BCUT2D eigenvalue weighted by atomic mass is 16.4. The molecule has 0 aromatic heterocycles. The van der Waals surface area contributed by atoms with Gasteiger partial charge in [-0.3, -0.25) is 4.79 Å². The van der Waals surface area contributed by atoms with Crippen LogP contribution in [0.1, 0.15) is 32.6 Å². The molecule has 0 atom stereocenters. The Morgan fingerprint density at radius 1 is 1.44 bits per heavy atom. The van der Waals surface area contributed by atoms with Crippen LogP contribution in [0.15, 0.2) is 0 Å². The Balaban J connectivity index is 0. The van der Waals surface area contributed by atoms with Crippen LogP contribution in [-0.4, -0.2) is 11.1 Å². The molecule has 0 fully saturated rings. The second-order valence-corrected chi connectivity index (χ2v) is 1.85. The summed E-state index contributed by atoms with van der Waals surface area (Å²) in [4.78, 5) is 9.87.